The number of hydrogen-bond acceptors (Lipinski definition) is 2. The number of benzene rings is 2. The van der Waals surface area contributed by atoms with Crippen molar-refractivity contribution in [1.29, 1.82) is 0 Å². The van der Waals surface area contributed by atoms with E-state index >= 15 is 0 Å². The zero-order chi connectivity index (χ0) is 16.4. The molecule has 0 radical (unpaired) electrons. The lowest BCUT2D eigenvalue weighted by Gasteiger charge is -2.34. The second-order valence-corrected chi connectivity index (χ2v) is 7.48. The van der Waals surface area contributed by atoms with E-state index in [4.69, 9.17) is 0 Å². The summed E-state index contributed by atoms with van der Waals surface area (Å²) in [6, 6.07) is 19.5. The van der Waals surface area contributed by atoms with Crippen LogP contribution in [0.3, 0.4) is 0 Å². The van der Waals surface area contributed by atoms with Crippen molar-refractivity contribution >= 4 is 26.8 Å². The van der Waals surface area contributed by atoms with Gasteiger partial charge in [0.05, 0.1) is 0 Å². The van der Waals surface area contributed by atoms with Gasteiger partial charge in [-0.25, -0.2) is 0 Å². The maximum atomic E-state index is 3.54. The normalized spacial score (nSPS) is 16.7. The van der Waals surface area contributed by atoms with Crippen LogP contribution in [0.25, 0.3) is 10.9 Å². The third-order valence-electron chi connectivity index (χ3n) is 4.76. The third kappa shape index (κ3) is 3.72. The van der Waals surface area contributed by atoms with Crippen LogP contribution in [0.2, 0.25) is 0 Å². The van der Waals surface area contributed by atoms with Crippen molar-refractivity contribution in [3.05, 3.63) is 70.3 Å². The van der Waals surface area contributed by atoms with Gasteiger partial charge in [-0.15, -0.1) is 0 Å². The zero-order valence-corrected chi connectivity index (χ0v) is 15.3. The van der Waals surface area contributed by atoms with E-state index in [-0.39, 0.29) is 0 Å². The first-order valence-electron chi connectivity index (χ1n) is 8.52. The highest BCUT2D eigenvalue weighted by molar-refractivity contribution is 9.10. The second-order valence-electron chi connectivity index (χ2n) is 6.56. The van der Waals surface area contributed by atoms with Crippen molar-refractivity contribution in [2.24, 2.45) is 0 Å². The summed E-state index contributed by atoms with van der Waals surface area (Å²) in [5, 5.41) is 1.31. The fourth-order valence-corrected chi connectivity index (χ4v) is 3.68. The number of nitrogens with one attached hydrogen (secondary N) is 1. The summed E-state index contributed by atoms with van der Waals surface area (Å²) >= 11 is 3.50. The molecule has 1 aliphatic heterocycles. The highest BCUT2D eigenvalue weighted by Gasteiger charge is 2.17. The van der Waals surface area contributed by atoms with Crippen molar-refractivity contribution < 1.29 is 0 Å². The van der Waals surface area contributed by atoms with Crippen LogP contribution in [0.15, 0.2) is 59.1 Å². The average molecular weight is 384 g/mol. The summed E-state index contributed by atoms with van der Waals surface area (Å²) < 4.78 is 1.15. The lowest BCUT2D eigenvalue weighted by Crippen LogP contribution is -2.45. The Bertz CT molecular complexity index is 768. The average Bonchev–Trinajstić information content (AvgIpc) is 3.01. The van der Waals surface area contributed by atoms with E-state index in [1.54, 1.807) is 0 Å². The fraction of sp³-hybridized carbons (Fsp3) is 0.300. The molecule has 1 N–H and O–H groups in total. The summed E-state index contributed by atoms with van der Waals surface area (Å²) in [4.78, 5) is 8.63. The Morgan fingerprint density at radius 3 is 2.21 bits per heavy atom. The molecule has 3 nitrogen and oxygen atoms in total. The standard InChI is InChI=1S/C20H22BrN3/c21-18-7-5-16(6-8-18)14-23-9-11-24(12-10-23)15-19-13-17-3-1-2-4-20(17)22-19/h1-8,13,22H,9-12,14-15H2. The maximum Gasteiger partial charge on any atom is 0.0456 e. The molecule has 0 atom stereocenters. The summed E-state index contributed by atoms with van der Waals surface area (Å²) in [6.07, 6.45) is 0. The Balaban J connectivity index is 1.31. The van der Waals surface area contributed by atoms with E-state index in [1.165, 1.54) is 22.2 Å². The van der Waals surface area contributed by atoms with E-state index in [1.807, 2.05) is 0 Å². The molecular formula is C20H22BrN3. The number of halogens is 1. The Morgan fingerprint density at radius 1 is 0.833 bits per heavy atom. The second kappa shape index (κ2) is 7.09. The molecule has 0 spiro atoms. The highest BCUT2D eigenvalue weighted by atomic mass is 79.9. The smallest absolute Gasteiger partial charge is 0.0456 e. The number of aromatic nitrogens is 1. The number of aromatic amines is 1. The first kappa shape index (κ1) is 15.9. The number of rotatable bonds is 4. The molecule has 0 amide bonds. The fourth-order valence-electron chi connectivity index (χ4n) is 3.41. The van der Waals surface area contributed by atoms with Gasteiger partial charge in [-0.3, -0.25) is 9.80 Å². The molecule has 24 heavy (non-hydrogen) atoms. The van der Waals surface area contributed by atoms with E-state index in [0.29, 0.717) is 0 Å². The monoisotopic (exact) mass is 383 g/mol. The molecule has 3 aromatic rings. The first-order valence-corrected chi connectivity index (χ1v) is 9.31. The van der Waals surface area contributed by atoms with Crippen LogP contribution in [0.1, 0.15) is 11.3 Å². The van der Waals surface area contributed by atoms with Crippen molar-refractivity contribution in [2.45, 2.75) is 13.1 Å². The summed E-state index contributed by atoms with van der Waals surface area (Å²) in [6.45, 7) is 6.60. The molecular weight excluding hydrogens is 362 g/mol. The number of piperazine rings is 1. The highest BCUT2D eigenvalue weighted by Crippen LogP contribution is 2.17. The summed E-state index contributed by atoms with van der Waals surface area (Å²) in [5.41, 5.74) is 3.95. The SMILES string of the molecule is Brc1ccc(CN2CCN(Cc3cc4ccccc4[nH]3)CC2)cc1. The molecule has 4 rings (SSSR count). The molecule has 1 saturated heterocycles. The molecule has 0 saturated carbocycles. The molecule has 1 fully saturated rings. The number of fused-ring (bicyclic) bond motifs is 1. The van der Waals surface area contributed by atoms with Crippen LogP contribution >= 0.6 is 15.9 Å². The molecule has 1 aromatic heterocycles. The van der Waals surface area contributed by atoms with Gasteiger partial charge in [0.15, 0.2) is 0 Å². The van der Waals surface area contributed by atoms with Gasteiger partial charge >= 0.3 is 0 Å². The molecule has 0 unspecified atom stereocenters. The minimum absolute atomic E-state index is 1.01. The molecule has 0 bridgehead atoms. The molecule has 0 aliphatic carbocycles. The largest absolute Gasteiger partial charge is 0.357 e. The van der Waals surface area contributed by atoms with Gasteiger partial charge in [-0.2, -0.15) is 0 Å². The molecule has 1 aliphatic rings. The zero-order valence-electron chi connectivity index (χ0n) is 13.7. The quantitative estimate of drug-likeness (QED) is 0.727. The van der Waals surface area contributed by atoms with Gasteiger partial charge in [-0.1, -0.05) is 46.3 Å². The predicted molar refractivity (Wildman–Crippen MR) is 103 cm³/mol. The van der Waals surface area contributed by atoms with Crippen molar-refractivity contribution in [3.63, 3.8) is 0 Å². The Morgan fingerprint density at radius 2 is 1.50 bits per heavy atom. The van der Waals surface area contributed by atoms with Gasteiger partial charge in [-0.05, 0) is 35.2 Å². The van der Waals surface area contributed by atoms with Crippen LogP contribution in [0, 0.1) is 0 Å². The van der Waals surface area contributed by atoms with Crippen molar-refractivity contribution in [3.8, 4) is 0 Å². The Labute approximate surface area is 151 Å². The molecule has 124 valence electrons. The predicted octanol–water partition coefficient (Wildman–Crippen LogP) is 4.25. The minimum atomic E-state index is 1.01. The van der Waals surface area contributed by atoms with Gasteiger partial charge < -0.3 is 4.98 Å². The lowest BCUT2D eigenvalue weighted by molar-refractivity contribution is 0.121. The number of nitrogens with zero attached hydrogens (tertiary/aromatic N) is 2. The van der Waals surface area contributed by atoms with Crippen LogP contribution in [-0.2, 0) is 13.1 Å². The minimum Gasteiger partial charge on any atom is -0.357 e. The van der Waals surface area contributed by atoms with Gasteiger partial charge in [0.1, 0.15) is 0 Å². The number of hydrogen-bond donors (Lipinski definition) is 1. The van der Waals surface area contributed by atoms with Gasteiger partial charge in [0, 0.05) is 55.0 Å². The van der Waals surface area contributed by atoms with Gasteiger partial charge in [0.25, 0.3) is 0 Å². The van der Waals surface area contributed by atoms with Crippen LogP contribution in [0.5, 0.6) is 0 Å². The van der Waals surface area contributed by atoms with Crippen LogP contribution < -0.4 is 0 Å². The van der Waals surface area contributed by atoms with Crippen molar-refractivity contribution in [1.82, 2.24) is 14.8 Å². The van der Waals surface area contributed by atoms with E-state index < -0.39 is 0 Å². The number of para-hydroxylation sites is 1. The van der Waals surface area contributed by atoms with E-state index in [9.17, 15) is 0 Å². The summed E-state index contributed by atoms with van der Waals surface area (Å²) in [5.74, 6) is 0. The van der Waals surface area contributed by atoms with Gasteiger partial charge in [0.2, 0.25) is 0 Å². The van der Waals surface area contributed by atoms with Crippen molar-refractivity contribution in [2.75, 3.05) is 26.2 Å². The Hall–Kier alpha value is -1.62. The lowest BCUT2D eigenvalue weighted by atomic mass is 10.2. The third-order valence-corrected chi connectivity index (χ3v) is 5.29. The number of H-pyrrole nitrogens is 1. The summed E-state index contributed by atoms with van der Waals surface area (Å²) in [7, 11) is 0. The Kier molecular flexibility index (Phi) is 4.69. The topological polar surface area (TPSA) is 22.3 Å². The molecule has 4 heteroatoms. The van der Waals surface area contributed by atoms with Crippen LogP contribution in [0.4, 0.5) is 0 Å². The van der Waals surface area contributed by atoms with E-state index in [2.05, 4.69) is 85.3 Å². The first-order chi connectivity index (χ1) is 11.8. The molecule has 2 aromatic carbocycles. The van der Waals surface area contributed by atoms with E-state index in [0.717, 1.165) is 43.7 Å². The molecule has 2 heterocycles. The maximum absolute atomic E-state index is 3.54. The van der Waals surface area contributed by atoms with Crippen LogP contribution in [-0.4, -0.2) is 41.0 Å².